The Morgan fingerprint density at radius 1 is 1.00 bits per heavy atom. The summed E-state index contributed by atoms with van der Waals surface area (Å²) in [5.74, 6) is 0. The van der Waals surface area contributed by atoms with Crippen molar-refractivity contribution in [2.24, 2.45) is 0 Å². The molecule has 0 radical (unpaired) electrons. The molecule has 0 spiro atoms. The Hall–Kier alpha value is -0.210. The number of hydrogen-bond acceptors (Lipinski definition) is 4. The predicted octanol–water partition coefficient (Wildman–Crippen LogP) is 0.947. The van der Waals surface area contributed by atoms with Crippen LogP contribution >= 0.6 is 0 Å². The number of rotatable bonds is 4. The van der Waals surface area contributed by atoms with Crippen LogP contribution in [0.25, 0.3) is 0 Å². The Bertz CT molecular complexity index is 468. The van der Waals surface area contributed by atoms with E-state index in [0.717, 1.165) is 19.5 Å². The smallest absolute Gasteiger partial charge is 0.279 e. The van der Waals surface area contributed by atoms with E-state index in [2.05, 4.69) is 9.62 Å². The van der Waals surface area contributed by atoms with Gasteiger partial charge in [0.05, 0.1) is 12.2 Å². The lowest BCUT2D eigenvalue weighted by Crippen LogP contribution is -2.54. The molecule has 0 aromatic heterocycles. The first kappa shape index (κ1) is 16.6. The molecule has 1 saturated carbocycles. The number of hydrogen-bond donors (Lipinski definition) is 1. The third-order valence-corrected chi connectivity index (χ3v) is 6.71. The van der Waals surface area contributed by atoms with Crippen LogP contribution in [0, 0.1) is 0 Å². The minimum atomic E-state index is -3.40. The van der Waals surface area contributed by atoms with Crippen molar-refractivity contribution in [1.29, 1.82) is 0 Å². The molecule has 3 atom stereocenters. The van der Waals surface area contributed by atoms with E-state index in [9.17, 15) is 8.42 Å². The summed E-state index contributed by atoms with van der Waals surface area (Å²) in [6.45, 7) is 6.62. The summed E-state index contributed by atoms with van der Waals surface area (Å²) in [6.07, 6.45) is 6.03. The second-order valence-electron chi connectivity index (χ2n) is 7.12. The molecule has 2 aliphatic heterocycles. The first-order chi connectivity index (χ1) is 10.4. The highest BCUT2D eigenvalue weighted by Crippen LogP contribution is 2.27. The highest BCUT2D eigenvalue weighted by atomic mass is 32.2. The quantitative estimate of drug-likeness (QED) is 0.833. The number of ether oxygens (including phenoxy) is 1. The lowest BCUT2D eigenvalue weighted by molar-refractivity contribution is -0.0444. The van der Waals surface area contributed by atoms with E-state index in [1.54, 1.807) is 4.31 Å². The van der Waals surface area contributed by atoms with Gasteiger partial charge in [-0.05, 0) is 33.1 Å². The first-order valence-electron chi connectivity index (χ1n) is 8.61. The van der Waals surface area contributed by atoms with E-state index in [0.29, 0.717) is 19.1 Å². The van der Waals surface area contributed by atoms with Crippen molar-refractivity contribution in [3.63, 3.8) is 0 Å². The van der Waals surface area contributed by atoms with Crippen LogP contribution in [0.15, 0.2) is 0 Å². The van der Waals surface area contributed by atoms with Crippen LogP contribution in [-0.4, -0.2) is 68.1 Å². The van der Waals surface area contributed by atoms with Gasteiger partial charge in [-0.25, -0.2) is 0 Å². The largest absolute Gasteiger partial charge is 0.373 e. The van der Waals surface area contributed by atoms with Crippen LogP contribution in [0.2, 0.25) is 0 Å². The third kappa shape index (κ3) is 3.82. The molecule has 0 aromatic carbocycles. The Morgan fingerprint density at radius 2 is 1.64 bits per heavy atom. The zero-order chi connectivity index (χ0) is 15.7. The average molecular weight is 331 g/mol. The molecule has 1 aliphatic carbocycles. The summed E-state index contributed by atoms with van der Waals surface area (Å²) in [4.78, 5) is 2.48. The molecule has 0 amide bonds. The fourth-order valence-electron chi connectivity index (χ4n) is 4.10. The normalized spacial score (nSPS) is 36.2. The lowest BCUT2D eigenvalue weighted by atomic mass is 10.2. The van der Waals surface area contributed by atoms with Gasteiger partial charge >= 0.3 is 0 Å². The third-order valence-electron chi connectivity index (χ3n) is 5.10. The monoisotopic (exact) mass is 331 g/mol. The second-order valence-corrected chi connectivity index (χ2v) is 8.82. The topological polar surface area (TPSA) is 61.9 Å². The van der Waals surface area contributed by atoms with Gasteiger partial charge in [0.15, 0.2) is 0 Å². The summed E-state index contributed by atoms with van der Waals surface area (Å²) >= 11 is 0. The van der Waals surface area contributed by atoms with Crippen LogP contribution < -0.4 is 4.72 Å². The average Bonchev–Trinajstić information content (AvgIpc) is 3.07. The Labute approximate surface area is 134 Å². The maximum atomic E-state index is 12.6. The summed E-state index contributed by atoms with van der Waals surface area (Å²) in [7, 11) is -3.40. The summed E-state index contributed by atoms with van der Waals surface area (Å²) in [5.41, 5.74) is 0. The number of nitrogens with zero attached hydrogens (tertiary/aromatic N) is 2. The summed E-state index contributed by atoms with van der Waals surface area (Å²) < 4.78 is 35.3. The van der Waals surface area contributed by atoms with Crippen molar-refractivity contribution >= 4 is 10.2 Å². The van der Waals surface area contributed by atoms with Crippen molar-refractivity contribution in [1.82, 2.24) is 13.9 Å². The van der Waals surface area contributed by atoms with Gasteiger partial charge in [0.2, 0.25) is 0 Å². The van der Waals surface area contributed by atoms with Crippen molar-refractivity contribution < 1.29 is 13.2 Å². The van der Waals surface area contributed by atoms with Crippen molar-refractivity contribution in [3.05, 3.63) is 0 Å². The van der Waals surface area contributed by atoms with Crippen LogP contribution in [0.1, 0.15) is 46.0 Å². The molecule has 128 valence electrons. The molecule has 6 nitrogen and oxygen atoms in total. The van der Waals surface area contributed by atoms with Gasteiger partial charge in [-0.3, -0.25) is 4.90 Å². The SMILES string of the molecule is C[C@@H]1CN(S(=O)(=O)N[C@@H]2CCN(C3CCCC3)C2)C[C@@H](C)O1. The van der Waals surface area contributed by atoms with E-state index in [1.165, 1.54) is 25.7 Å². The van der Waals surface area contributed by atoms with E-state index in [-0.39, 0.29) is 18.2 Å². The van der Waals surface area contributed by atoms with Crippen LogP contribution in [-0.2, 0) is 14.9 Å². The first-order valence-corrected chi connectivity index (χ1v) is 10.0. The molecule has 0 bridgehead atoms. The molecular weight excluding hydrogens is 302 g/mol. The molecule has 0 unspecified atom stereocenters. The van der Waals surface area contributed by atoms with E-state index in [4.69, 9.17) is 4.74 Å². The Balaban J connectivity index is 1.55. The Kier molecular flexibility index (Phi) is 5.09. The number of morpholine rings is 1. The molecule has 2 heterocycles. The van der Waals surface area contributed by atoms with Gasteiger partial charge in [-0.15, -0.1) is 0 Å². The second kappa shape index (κ2) is 6.73. The zero-order valence-corrected chi connectivity index (χ0v) is 14.5. The molecule has 1 N–H and O–H groups in total. The summed E-state index contributed by atoms with van der Waals surface area (Å²) in [5, 5.41) is 0. The molecular formula is C15H29N3O3S. The van der Waals surface area contributed by atoms with Gasteiger partial charge in [-0.2, -0.15) is 17.4 Å². The number of nitrogens with one attached hydrogen (secondary N) is 1. The maximum Gasteiger partial charge on any atom is 0.279 e. The van der Waals surface area contributed by atoms with Crippen LogP contribution in [0.4, 0.5) is 0 Å². The number of likely N-dealkylation sites (tertiary alicyclic amines) is 1. The standard InChI is InChI=1S/C15H29N3O3S/c1-12-9-18(10-13(2)21-12)22(19,20)16-14-7-8-17(11-14)15-5-3-4-6-15/h12-16H,3-11H2,1-2H3/t12-,13-,14-/m1/s1. The minimum absolute atomic E-state index is 0.0427. The molecule has 2 saturated heterocycles. The minimum Gasteiger partial charge on any atom is -0.373 e. The van der Waals surface area contributed by atoms with E-state index < -0.39 is 10.2 Å². The zero-order valence-electron chi connectivity index (χ0n) is 13.7. The van der Waals surface area contributed by atoms with E-state index in [1.807, 2.05) is 13.8 Å². The fraction of sp³-hybridized carbons (Fsp3) is 1.00. The van der Waals surface area contributed by atoms with Gasteiger partial charge in [-0.1, -0.05) is 12.8 Å². The maximum absolute atomic E-state index is 12.6. The highest BCUT2D eigenvalue weighted by Gasteiger charge is 2.36. The van der Waals surface area contributed by atoms with Crippen molar-refractivity contribution in [2.75, 3.05) is 26.2 Å². The molecule has 3 rings (SSSR count). The van der Waals surface area contributed by atoms with Crippen molar-refractivity contribution in [3.8, 4) is 0 Å². The lowest BCUT2D eigenvalue weighted by Gasteiger charge is -2.35. The fourth-order valence-corrected chi connectivity index (χ4v) is 5.67. The molecule has 22 heavy (non-hydrogen) atoms. The van der Waals surface area contributed by atoms with Gasteiger partial charge in [0, 0.05) is 38.3 Å². The van der Waals surface area contributed by atoms with Gasteiger partial charge in [0.25, 0.3) is 10.2 Å². The molecule has 3 aliphatic rings. The molecule has 7 heteroatoms. The van der Waals surface area contributed by atoms with Crippen LogP contribution in [0.5, 0.6) is 0 Å². The van der Waals surface area contributed by atoms with Crippen molar-refractivity contribution in [2.45, 2.75) is 70.2 Å². The predicted molar refractivity (Wildman–Crippen MR) is 85.9 cm³/mol. The highest BCUT2D eigenvalue weighted by molar-refractivity contribution is 7.87. The Morgan fingerprint density at radius 3 is 2.27 bits per heavy atom. The van der Waals surface area contributed by atoms with Crippen LogP contribution in [0.3, 0.4) is 0 Å². The van der Waals surface area contributed by atoms with E-state index >= 15 is 0 Å². The van der Waals surface area contributed by atoms with Gasteiger partial charge < -0.3 is 4.74 Å². The molecule has 0 aromatic rings. The molecule has 3 fully saturated rings. The van der Waals surface area contributed by atoms with Gasteiger partial charge in [0.1, 0.15) is 0 Å². The summed E-state index contributed by atoms with van der Waals surface area (Å²) in [6, 6.07) is 0.733.